The standard InChI is InChI=1S/C17H14F3N3/c1-11-6-8-12(9-7-11)10-21-15-13-4-2-3-5-14(13)22-16(23-15)17(18,19)20/h2-9H,10H2,1H3,(H,21,22,23). The Labute approximate surface area is 131 Å². The summed E-state index contributed by atoms with van der Waals surface area (Å²) in [5.74, 6) is -0.953. The van der Waals surface area contributed by atoms with Gasteiger partial charge in [-0.2, -0.15) is 13.2 Å². The molecule has 2 aromatic carbocycles. The van der Waals surface area contributed by atoms with E-state index in [2.05, 4.69) is 15.3 Å². The molecule has 0 aliphatic carbocycles. The molecule has 1 aromatic heterocycles. The van der Waals surface area contributed by atoms with E-state index in [0.717, 1.165) is 11.1 Å². The van der Waals surface area contributed by atoms with Crippen LogP contribution in [0.2, 0.25) is 0 Å². The average molecular weight is 317 g/mol. The number of fused-ring (bicyclic) bond motifs is 1. The second kappa shape index (κ2) is 5.87. The van der Waals surface area contributed by atoms with Gasteiger partial charge in [-0.1, -0.05) is 42.0 Å². The molecule has 3 rings (SSSR count). The number of halogens is 3. The fraction of sp³-hybridized carbons (Fsp3) is 0.176. The first kappa shape index (κ1) is 15.3. The fourth-order valence-corrected chi connectivity index (χ4v) is 2.23. The summed E-state index contributed by atoms with van der Waals surface area (Å²) in [7, 11) is 0. The van der Waals surface area contributed by atoms with Crippen LogP contribution in [0.25, 0.3) is 10.9 Å². The zero-order valence-corrected chi connectivity index (χ0v) is 12.4. The Morgan fingerprint density at radius 1 is 0.957 bits per heavy atom. The summed E-state index contributed by atoms with van der Waals surface area (Å²) in [6.45, 7) is 2.36. The quantitative estimate of drug-likeness (QED) is 0.769. The molecule has 0 fully saturated rings. The third-order valence-electron chi connectivity index (χ3n) is 3.44. The van der Waals surface area contributed by atoms with Crippen molar-refractivity contribution in [3.8, 4) is 0 Å². The minimum absolute atomic E-state index is 0.184. The molecule has 0 amide bonds. The number of aromatic nitrogens is 2. The molecule has 0 unspecified atom stereocenters. The van der Waals surface area contributed by atoms with Crippen LogP contribution in [0.5, 0.6) is 0 Å². The van der Waals surface area contributed by atoms with Crippen LogP contribution in [-0.2, 0) is 12.7 Å². The topological polar surface area (TPSA) is 37.8 Å². The number of hydrogen-bond acceptors (Lipinski definition) is 3. The van der Waals surface area contributed by atoms with Crippen molar-refractivity contribution in [2.75, 3.05) is 5.32 Å². The Balaban J connectivity index is 1.96. The lowest BCUT2D eigenvalue weighted by atomic mass is 10.1. The number of rotatable bonds is 3. The lowest BCUT2D eigenvalue weighted by Gasteiger charge is -2.12. The number of aryl methyl sites for hydroxylation is 1. The van der Waals surface area contributed by atoms with Crippen molar-refractivity contribution >= 4 is 16.7 Å². The van der Waals surface area contributed by atoms with Gasteiger partial charge in [0.05, 0.1) is 5.52 Å². The molecule has 6 heteroatoms. The van der Waals surface area contributed by atoms with Gasteiger partial charge in [0.15, 0.2) is 0 Å². The Morgan fingerprint density at radius 3 is 2.35 bits per heavy atom. The maximum atomic E-state index is 13.0. The normalized spacial score (nSPS) is 11.7. The average Bonchev–Trinajstić information content (AvgIpc) is 2.53. The second-order valence-electron chi connectivity index (χ2n) is 5.25. The molecule has 0 saturated carbocycles. The van der Waals surface area contributed by atoms with Gasteiger partial charge in [0.2, 0.25) is 5.82 Å². The Bertz CT molecular complexity index is 827. The van der Waals surface area contributed by atoms with Crippen LogP contribution >= 0.6 is 0 Å². The van der Waals surface area contributed by atoms with Gasteiger partial charge >= 0.3 is 6.18 Å². The molecule has 1 N–H and O–H groups in total. The van der Waals surface area contributed by atoms with Crippen LogP contribution in [0, 0.1) is 6.92 Å². The number of nitrogens with zero attached hydrogens (tertiary/aromatic N) is 2. The lowest BCUT2D eigenvalue weighted by molar-refractivity contribution is -0.144. The third-order valence-corrected chi connectivity index (χ3v) is 3.44. The van der Waals surface area contributed by atoms with Crippen molar-refractivity contribution in [3.05, 3.63) is 65.5 Å². The maximum Gasteiger partial charge on any atom is 0.451 e. The van der Waals surface area contributed by atoms with Crippen molar-refractivity contribution < 1.29 is 13.2 Å². The van der Waals surface area contributed by atoms with Crippen molar-refractivity contribution in [1.29, 1.82) is 0 Å². The van der Waals surface area contributed by atoms with Gasteiger partial charge in [0.1, 0.15) is 5.82 Å². The molecule has 0 radical (unpaired) electrons. The van der Waals surface area contributed by atoms with E-state index in [1.165, 1.54) is 0 Å². The van der Waals surface area contributed by atoms with E-state index in [4.69, 9.17) is 0 Å². The number of nitrogens with one attached hydrogen (secondary N) is 1. The first-order chi connectivity index (χ1) is 10.9. The van der Waals surface area contributed by atoms with Crippen LogP contribution in [-0.4, -0.2) is 9.97 Å². The van der Waals surface area contributed by atoms with Crippen molar-refractivity contribution in [2.24, 2.45) is 0 Å². The summed E-state index contributed by atoms with van der Waals surface area (Å²) >= 11 is 0. The molecular weight excluding hydrogens is 303 g/mol. The zero-order chi connectivity index (χ0) is 16.4. The van der Waals surface area contributed by atoms with E-state index in [1.807, 2.05) is 31.2 Å². The number of alkyl halides is 3. The largest absolute Gasteiger partial charge is 0.451 e. The van der Waals surface area contributed by atoms with Gasteiger partial charge in [0, 0.05) is 11.9 Å². The van der Waals surface area contributed by atoms with Gasteiger partial charge in [-0.05, 0) is 24.6 Å². The number of hydrogen-bond donors (Lipinski definition) is 1. The summed E-state index contributed by atoms with van der Waals surface area (Å²) in [5, 5.41) is 3.55. The van der Waals surface area contributed by atoms with E-state index in [-0.39, 0.29) is 11.3 Å². The minimum Gasteiger partial charge on any atom is -0.365 e. The Hall–Kier alpha value is -2.63. The van der Waals surface area contributed by atoms with Gasteiger partial charge in [-0.15, -0.1) is 0 Å². The molecule has 23 heavy (non-hydrogen) atoms. The lowest BCUT2D eigenvalue weighted by Crippen LogP contribution is -2.13. The van der Waals surface area contributed by atoms with Crippen molar-refractivity contribution in [1.82, 2.24) is 9.97 Å². The molecule has 0 saturated heterocycles. The molecule has 0 spiro atoms. The van der Waals surface area contributed by atoms with E-state index in [9.17, 15) is 13.2 Å². The molecular formula is C17H14F3N3. The summed E-state index contributed by atoms with van der Waals surface area (Å²) in [5.41, 5.74) is 2.36. The molecule has 0 aliphatic rings. The summed E-state index contributed by atoms with van der Waals surface area (Å²) in [4.78, 5) is 7.26. The molecule has 0 bridgehead atoms. The number of para-hydroxylation sites is 1. The summed E-state index contributed by atoms with van der Waals surface area (Å²) < 4.78 is 38.9. The van der Waals surface area contributed by atoms with Gasteiger partial charge in [-0.3, -0.25) is 0 Å². The summed E-state index contributed by atoms with van der Waals surface area (Å²) in [6.07, 6.45) is -4.58. The molecule has 0 aliphatic heterocycles. The zero-order valence-electron chi connectivity index (χ0n) is 12.4. The SMILES string of the molecule is Cc1ccc(CNc2nc(C(F)(F)F)nc3ccccc23)cc1. The van der Waals surface area contributed by atoms with Gasteiger partial charge in [-0.25, -0.2) is 9.97 Å². The fourth-order valence-electron chi connectivity index (χ4n) is 2.23. The molecule has 3 aromatic rings. The van der Waals surface area contributed by atoms with Crippen molar-refractivity contribution in [2.45, 2.75) is 19.6 Å². The highest BCUT2D eigenvalue weighted by molar-refractivity contribution is 5.89. The Morgan fingerprint density at radius 2 is 1.65 bits per heavy atom. The smallest absolute Gasteiger partial charge is 0.365 e. The van der Waals surface area contributed by atoms with Crippen LogP contribution in [0.3, 0.4) is 0 Å². The van der Waals surface area contributed by atoms with Gasteiger partial charge in [0.25, 0.3) is 0 Å². The van der Waals surface area contributed by atoms with E-state index < -0.39 is 12.0 Å². The van der Waals surface area contributed by atoms with E-state index >= 15 is 0 Å². The Kier molecular flexibility index (Phi) is 3.90. The predicted octanol–water partition coefficient (Wildman–Crippen LogP) is 4.57. The number of anilines is 1. The van der Waals surface area contributed by atoms with E-state index in [0.29, 0.717) is 11.9 Å². The molecule has 3 nitrogen and oxygen atoms in total. The first-order valence-electron chi connectivity index (χ1n) is 7.07. The molecule has 1 heterocycles. The van der Waals surface area contributed by atoms with Crippen molar-refractivity contribution in [3.63, 3.8) is 0 Å². The van der Waals surface area contributed by atoms with Crippen LogP contribution in [0.15, 0.2) is 48.5 Å². The monoisotopic (exact) mass is 317 g/mol. The number of benzene rings is 2. The minimum atomic E-state index is -4.58. The molecule has 118 valence electrons. The molecule has 0 atom stereocenters. The first-order valence-corrected chi connectivity index (χ1v) is 7.07. The highest BCUT2D eigenvalue weighted by Crippen LogP contribution is 2.30. The van der Waals surface area contributed by atoms with E-state index in [1.54, 1.807) is 24.3 Å². The predicted molar refractivity (Wildman–Crippen MR) is 83.0 cm³/mol. The highest BCUT2D eigenvalue weighted by Gasteiger charge is 2.35. The van der Waals surface area contributed by atoms with Crippen LogP contribution in [0.4, 0.5) is 19.0 Å². The maximum absolute atomic E-state index is 13.0. The van der Waals surface area contributed by atoms with Crippen LogP contribution in [0.1, 0.15) is 17.0 Å². The van der Waals surface area contributed by atoms with Gasteiger partial charge < -0.3 is 5.32 Å². The van der Waals surface area contributed by atoms with Crippen LogP contribution < -0.4 is 5.32 Å². The summed E-state index contributed by atoms with van der Waals surface area (Å²) in [6, 6.07) is 14.4. The second-order valence-corrected chi connectivity index (χ2v) is 5.25. The third kappa shape index (κ3) is 3.41. The highest BCUT2D eigenvalue weighted by atomic mass is 19.4.